The van der Waals surface area contributed by atoms with E-state index in [2.05, 4.69) is 35.6 Å². The first kappa shape index (κ1) is 11.6. The van der Waals surface area contributed by atoms with Gasteiger partial charge in [-0.15, -0.1) is 0 Å². The smallest absolute Gasteiger partial charge is 0.242 e. The highest BCUT2D eigenvalue weighted by atomic mass is 79.9. The third-order valence-corrected chi connectivity index (χ3v) is 3.01. The Labute approximate surface area is 94.5 Å². The van der Waals surface area contributed by atoms with Crippen LogP contribution < -0.4 is 9.16 Å². The number of methoxy groups -OCH3 is 1. The summed E-state index contributed by atoms with van der Waals surface area (Å²) in [7, 11) is 0.126. The standard InChI is InChI=1S/C10H15BrO2Si/c1-12-8-5-6-10(9(11)7-8)13-14(2,3)4/h5-7H,1-4H3. The minimum atomic E-state index is -1.53. The summed E-state index contributed by atoms with van der Waals surface area (Å²) in [5.41, 5.74) is 0. The van der Waals surface area contributed by atoms with E-state index in [1.165, 1.54) is 0 Å². The molecule has 0 radical (unpaired) electrons. The summed E-state index contributed by atoms with van der Waals surface area (Å²) in [5, 5.41) is 0. The molecule has 0 aliphatic rings. The topological polar surface area (TPSA) is 18.5 Å². The number of halogens is 1. The van der Waals surface area contributed by atoms with Gasteiger partial charge in [0.1, 0.15) is 11.5 Å². The van der Waals surface area contributed by atoms with Gasteiger partial charge in [0.15, 0.2) is 0 Å². The second-order valence-corrected chi connectivity index (χ2v) is 9.29. The van der Waals surface area contributed by atoms with Crippen LogP contribution in [-0.4, -0.2) is 15.4 Å². The summed E-state index contributed by atoms with van der Waals surface area (Å²) in [5.74, 6) is 1.73. The number of ether oxygens (including phenoxy) is 1. The van der Waals surface area contributed by atoms with Gasteiger partial charge in [-0.05, 0) is 53.8 Å². The number of rotatable bonds is 3. The summed E-state index contributed by atoms with van der Waals surface area (Å²) >= 11 is 3.46. The molecule has 0 bridgehead atoms. The molecule has 0 amide bonds. The van der Waals surface area contributed by atoms with Gasteiger partial charge in [-0.3, -0.25) is 0 Å². The first-order chi connectivity index (χ1) is 6.42. The van der Waals surface area contributed by atoms with Gasteiger partial charge in [0.25, 0.3) is 0 Å². The fourth-order valence-corrected chi connectivity index (χ4v) is 2.45. The predicted molar refractivity (Wildman–Crippen MR) is 64.7 cm³/mol. The Bertz CT molecular complexity index is 320. The lowest BCUT2D eigenvalue weighted by Crippen LogP contribution is -2.29. The van der Waals surface area contributed by atoms with E-state index < -0.39 is 8.32 Å². The Morgan fingerprint density at radius 3 is 2.29 bits per heavy atom. The van der Waals surface area contributed by atoms with Crippen LogP contribution >= 0.6 is 15.9 Å². The van der Waals surface area contributed by atoms with Crippen LogP contribution in [0.1, 0.15) is 0 Å². The molecule has 4 heteroatoms. The molecule has 0 aliphatic heterocycles. The molecular formula is C10H15BrO2Si. The van der Waals surface area contributed by atoms with Gasteiger partial charge in [-0.25, -0.2) is 0 Å². The molecule has 0 aromatic heterocycles. The lowest BCUT2D eigenvalue weighted by Gasteiger charge is -2.20. The number of hydrogen-bond donors (Lipinski definition) is 0. The van der Waals surface area contributed by atoms with Crippen molar-refractivity contribution in [2.45, 2.75) is 19.6 Å². The van der Waals surface area contributed by atoms with E-state index in [0.29, 0.717) is 0 Å². The Morgan fingerprint density at radius 1 is 1.21 bits per heavy atom. The van der Waals surface area contributed by atoms with Crippen molar-refractivity contribution in [3.8, 4) is 11.5 Å². The van der Waals surface area contributed by atoms with Crippen LogP contribution in [0.25, 0.3) is 0 Å². The minimum absolute atomic E-state index is 0.833. The Balaban J connectivity index is 2.89. The average Bonchev–Trinajstić information content (AvgIpc) is 2.06. The lowest BCUT2D eigenvalue weighted by atomic mass is 10.3. The van der Waals surface area contributed by atoms with Crippen LogP contribution in [0.3, 0.4) is 0 Å². The maximum absolute atomic E-state index is 5.87. The zero-order valence-electron chi connectivity index (χ0n) is 8.93. The van der Waals surface area contributed by atoms with E-state index in [-0.39, 0.29) is 0 Å². The Hall–Kier alpha value is -0.483. The Kier molecular flexibility index (Phi) is 3.61. The second-order valence-electron chi connectivity index (χ2n) is 4.01. The van der Waals surface area contributed by atoms with Crippen LogP contribution in [0.15, 0.2) is 22.7 Å². The molecule has 1 rings (SSSR count). The summed E-state index contributed by atoms with van der Waals surface area (Å²) in [4.78, 5) is 0. The van der Waals surface area contributed by atoms with Gasteiger partial charge >= 0.3 is 0 Å². The van der Waals surface area contributed by atoms with Crippen LogP contribution in [0.2, 0.25) is 19.6 Å². The molecule has 14 heavy (non-hydrogen) atoms. The third-order valence-electron chi connectivity index (χ3n) is 1.56. The summed E-state index contributed by atoms with van der Waals surface area (Å²) in [6, 6.07) is 5.75. The summed E-state index contributed by atoms with van der Waals surface area (Å²) < 4.78 is 11.9. The number of benzene rings is 1. The van der Waals surface area contributed by atoms with Gasteiger partial charge in [-0.1, -0.05) is 0 Å². The molecule has 0 fully saturated rings. The van der Waals surface area contributed by atoms with Crippen LogP contribution in [0.5, 0.6) is 11.5 Å². The van der Waals surface area contributed by atoms with Crippen LogP contribution in [-0.2, 0) is 0 Å². The molecular weight excluding hydrogens is 260 g/mol. The van der Waals surface area contributed by atoms with Crippen LogP contribution in [0, 0.1) is 0 Å². The molecule has 2 nitrogen and oxygen atoms in total. The Morgan fingerprint density at radius 2 is 1.86 bits per heavy atom. The fourth-order valence-electron chi connectivity index (χ4n) is 1.02. The third kappa shape index (κ3) is 3.34. The van der Waals surface area contributed by atoms with Gasteiger partial charge < -0.3 is 9.16 Å². The molecule has 1 aromatic rings. The van der Waals surface area contributed by atoms with E-state index in [9.17, 15) is 0 Å². The average molecular weight is 275 g/mol. The SMILES string of the molecule is COc1ccc(O[Si](C)(C)C)c(Br)c1. The molecule has 0 saturated carbocycles. The highest BCUT2D eigenvalue weighted by Gasteiger charge is 2.17. The first-order valence-electron chi connectivity index (χ1n) is 4.45. The zero-order chi connectivity index (χ0) is 10.8. The van der Waals surface area contributed by atoms with Crippen molar-refractivity contribution in [1.29, 1.82) is 0 Å². The molecule has 0 N–H and O–H groups in total. The zero-order valence-corrected chi connectivity index (χ0v) is 11.5. The summed E-state index contributed by atoms with van der Waals surface area (Å²) in [6.45, 7) is 6.47. The normalized spacial score (nSPS) is 11.2. The van der Waals surface area contributed by atoms with E-state index in [1.807, 2.05) is 18.2 Å². The molecule has 0 unspecified atom stereocenters. The molecule has 0 spiro atoms. The van der Waals surface area contributed by atoms with Crippen molar-refractivity contribution >= 4 is 24.2 Å². The largest absolute Gasteiger partial charge is 0.544 e. The van der Waals surface area contributed by atoms with Crippen molar-refractivity contribution in [3.05, 3.63) is 22.7 Å². The predicted octanol–water partition coefficient (Wildman–Crippen LogP) is 3.67. The lowest BCUT2D eigenvalue weighted by molar-refractivity contribution is 0.413. The van der Waals surface area contributed by atoms with Gasteiger partial charge in [0, 0.05) is 0 Å². The van der Waals surface area contributed by atoms with E-state index in [4.69, 9.17) is 9.16 Å². The maximum atomic E-state index is 5.87. The highest BCUT2D eigenvalue weighted by Crippen LogP contribution is 2.30. The van der Waals surface area contributed by atoms with E-state index in [0.717, 1.165) is 16.0 Å². The summed E-state index contributed by atoms with van der Waals surface area (Å²) in [6.07, 6.45) is 0. The van der Waals surface area contributed by atoms with Crippen molar-refractivity contribution < 1.29 is 9.16 Å². The first-order valence-corrected chi connectivity index (χ1v) is 8.65. The monoisotopic (exact) mass is 274 g/mol. The molecule has 78 valence electrons. The van der Waals surface area contributed by atoms with E-state index >= 15 is 0 Å². The molecule has 0 atom stereocenters. The van der Waals surface area contributed by atoms with Gasteiger partial charge in [0.2, 0.25) is 8.32 Å². The maximum Gasteiger partial charge on any atom is 0.242 e. The second kappa shape index (κ2) is 4.36. The van der Waals surface area contributed by atoms with Crippen molar-refractivity contribution in [3.63, 3.8) is 0 Å². The number of hydrogen-bond acceptors (Lipinski definition) is 2. The van der Waals surface area contributed by atoms with Crippen molar-refractivity contribution in [2.24, 2.45) is 0 Å². The van der Waals surface area contributed by atoms with Crippen LogP contribution in [0.4, 0.5) is 0 Å². The fraction of sp³-hybridized carbons (Fsp3) is 0.400. The molecule has 0 aliphatic carbocycles. The molecule has 0 saturated heterocycles. The minimum Gasteiger partial charge on any atom is -0.544 e. The van der Waals surface area contributed by atoms with E-state index in [1.54, 1.807) is 7.11 Å². The molecule has 0 heterocycles. The van der Waals surface area contributed by atoms with Crippen molar-refractivity contribution in [1.82, 2.24) is 0 Å². The van der Waals surface area contributed by atoms with Gasteiger partial charge in [-0.2, -0.15) is 0 Å². The molecule has 1 aromatic carbocycles. The quantitative estimate of drug-likeness (QED) is 0.783. The van der Waals surface area contributed by atoms with Gasteiger partial charge in [0.05, 0.1) is 11.6 Å². The highest BCUT2D eigenvalue weighted by molar-refractivity contribution is 9.10. The van der Waals surface area contributed by atoms with Crippen molar-refractivity contribution in [2.75, 3.05) is 7.11 Å².